The molecule has 0 aliphatic heterocycles. The molecule has 0 spiro atoms. The zero-order chi connectivity index (χ0) is 12.6. The number of benzene rings is 1. The number of nitro groups is 1. The maximum Gasteiger partial charge on any atom is 0.269 e. The quantitative estimate of drug-likeness (QED) is 0.465. The van der Waals surface area contributed by atoms with Crippen LogP contribution in [0.25, 0.3) is 11.4 Å². The number of nitro benzene ring substituents is 1. The van der Waals surface area contributed by atoms with Gasteiger partial charge in [-0.15, -0.1) is 0 Å². The van der Waals surface area contributed by atoms with Crippen molar-refractivity contribution < 1.29 is 4.92 Å². The molecule has 0 unspecified atom stereocenters. The van der Waals surface area contributed by atoms with Gasteiger partial charge in [0.25, 0.3) is 5.69 Å². The third-order valence-corrected chi connectivity index (χ3v) is 3.00. The fraction of sp³-hybridized carbons (Fsp3) is 0.200. The summed E-state index contributed by atoms with van der Waals surface area (Å²) in [5.74, 6) is 0.687. The second kappa shape index (κ2) is 4.10. The first-order chi connectivity index (χ1) is 8.00. The second-order valence-corrected chi connectivity index (χ2v) is 3.96. The molecule has 0 saturated heterocycles. The lowest BCUT2D eigenvalue weighted by Crippen LogP contribution is -1.93. The Bertz CT molecular complexity index is 627. The minimum absolute atomic E-state index is 0.0610. The van der Waals surface area contributed by atoms with Crippen LogP contribution < -0.4 is 0 Å². The van der Waals surface area contributed by atoms with E-state index in [1.54, 1.807) is 28.4 Å². The minimum Gasteiger partial charge on any atom is -0.303 e. The number of non-ortho nitro benzene ring substituents is 1. The first-order valence-corrected chi connectivity index (χ1v) is 5.26. The molecule has 2 rings (SSSR count). The van der Waals surface area contributed by atoms with Crippen molar-refractivity contribution in [2.45, 2.75) is 0 Å². The molecule has 7 heteroatoms. The Morgan fingerprint density at radius 3 is 2.29 bits per heavy atom. The largest absolute Gasteiger partial charge is 0.303 e. The molecule has 0 amide bonds. The smallest absolute Gasteiger partial charge is 0.269 e. The molecule has 0 N–H and O–H groups in total. The van der Waals surface area contributed by atoms with Crippen molar-refractivity contribution in [3.8, 4) is 11.4 Å². The summed E-state index contributed by atoms with van der Waals surface area (Å²) in [7, 11) is 3.57. The lowest BCUT2D eigenvalue weighted by atomic mass is 10.2. The van der Waals surface area contributed by atoms with Gasteiger partial charge in [-0.25, -0.2) is 4.68 Å². The molecule has 1 aromatic heterocycles. The van der Waals surface area contributed by atoms with Crippen molar-refractivity contribution in [2.24, 2.45) is 14.1 Å². The third-order valence-electron chi connectivity index (χ3n) is 2.46. The molecule has 0 fully saturated rings. The summed E-state index contributed by atoms with van der Waals surface area (Å²) in [6.07, 6.45) is 0. The van der Waals surface area contributed by atoms with Crippen LogP contribution in [0, 0.1) is 14.9 Å². The van der Waals surface area contributed by atoms with E-state index in [0.717, 1.165) is 5.56 Å². The van der Waals surface area contributed by atoms with Crippen molar-refractivity contribution in [2.75, 3.05) is 0 Å². The van der Waals surface area contributed by atoms with Gasteiger partial charge in [-0.2, -0.15) is 5.10 Å². The van der Waals surface area contributed by atoms with Gasteiger partial charge >= 0.3 is 0 Å². The molecule has 17 heavy (non-hydrogen) atoms. The first-order valence-electron chi connectivity index (χ1n) is 4.85. The predicted octanol–water partition coefficient (Wildman–Crippen LogP) is 2.06. The van der Waals surface area contributed by atoms with Crippen molar-refractivity contribution >= 4 is 17.9 Å². The topological polar surface area (TPSA) is 65.9 Å². The number of hydrogen-bond donors (Lipinski definition) is 0. The monoisotopic (exact) mass is 250 g/mol. The van der Waals surface area contributed by atoms with Gasteiger partial charge in [0.05, 0.1) is 4.92 Å². The van der Waals surface area contributed by atoms with E-state index in [1.807, 2.05) is 7.05 Å². The van der Waals surface area contributed by atoms with E-state index < -0.39 is 4.92 Å². The number of nitrogens with zero attached hydrogens (tertiary/aromatic N) is 4. The third kappa shape index (κ3) is 1.96. The highest BCUT2D eigenvalue weighted by Gasteiger charge is 2.10. The van der Waals surface area contributed by atoms with Gasteiger partial charge in [-0.3, -0.25) is 10.1 Å². The number of rotatable bonds is 2. The lowest BCUT2D eigenvalue weighted by molar-refractivity contribution is -0.384. The van der Waals surface area contributed by atoms with Crippen LogP contribution in [-0.4, -0.2) is 19.3 Å². The van der Waals surface area contributed by atoms with Gasteiger partial charge in [0, 0.05) is 31.8 Å². The van der Waals surface area contributed by atoms with Crippen molar-refractivity contribution in [3.05, 3.63) is 39.2 Å². The number of aryl methyl sites for hydroxylation is 1. The summed E-state index contributed by atoms with van der Waals surface area (Å²) in [6.45, 7) is 0. The van der Waals surface area contributed by atoms with Crippen molar-refractivity contribution in [1.29, 1.82) is 0 Å². The maximum atomic E-state index is 10.5. The Kier molecular flexibility index (Phi) is 2.76. The standard InChI is InChI=1S/C10H10N4O2S/c1-12-9(11-13(2)10(12)17)7-3-5-8(6-4-7)14(15)16/h3-6H,1-2H3. The SMILES string of the molecule is Cn1nc(-c2ccc([N+](=O)[O-])cc2)n(C)c1=S. The summed E-state index contributed by atoms with van der Waals surface area (Å²) in [4.78, 5) is 10.1. The average Bonchev–Trinajstić information content (AvgIpc) is 2.57. The zero-order valence-corrected chi connectivity index (χ0v) is 10.1. The Hall–Kier alpha value is -2.02. The molecule has 0 atom stereocenters. The van der Waals surface area contributed by atoms with Crippen LogP contribution in [0.5, 0.6) is 0 Å². The molecule has 2 aromatic rings. The Balaban J connectivity index is 2.50. The molecular weight excluding hydrogens is 240 g/mol. The molecule has 0 saturated carbocycles. The highest BCUT2D eigenvalue weighted by atomic mass is 32.1. The van der Waals surface area contributed by atoms with Gasteiger partial charge in [0.2, 0.25) is 0 Å². The Morgan fingerprint density at radius 2 is 1.88 bits per heavy atom. The zero-order valence-electron chi connectivity index (χ0n) is 9.32. The Morgan fingerprint density at radius 1 is 1.29 bits per heavy atom. The van der Waals surface area contributed by atoms with Crippen LogP contribution in [0.4, 0.5) is 5.69 Å². The molecule has 1 aromatic carbocycles. The van der Waals surface area contributed by atoms with E-state index in [0.29, 0.717) is 10.6 Å². The first kappa shape index (κ1) is 11.5. The van der Waals surface area contributed by atoms with E-state index in [2.05, 4.69) is 5.10 Å². The summed E-state index contributed by atoms with van der Waals surface area (Å²) in [5.41, 5.74) is 0.857. The molecular formula is C10H10N4O2S. The van der Waals surface area contributed by atoms with Crippen molar-refractivity contribution in [3.63, 3.8) is 0 Å². The van der Waals surface area contributed by atoms with E-state index >= 15 is 0 Å². The molecule has 0 aliphatic carbocycles. The van der Waals surface area contributed by atoms with Gasteiger partial charge < -0.3 is 4.57 Å². The normalized spacial score (nSPS) is 10.5. The fourth-order valence-electron chi connectivity index (χ4n) is 1.54. The summed E-state index contributed by atoms with van der Waals surface area (Å²) in [6, 6.07) is 6.23. The van der Waals surface area contributed by atoms with E-state index in [1.165, 1.54) is 12.1 Å². The van der Waals surface area contributed by atoms with E-state index in [-0.39, 0.29) is 5.69 Å². The molecule has 1 heterocycles. The van der Waals surface area contributed by atoms with Gasteiger partial charge in [-0.05, 0) is 24.4 Å². The van der Waals surface area contributed by atoms with Gasteiger partial charge in [0.15, 0.2) is 10.6 Å². The van der Waals surface area contributed by atoms with E-state index in [9.17, 15) is 10.1 Å². The maximum absolute atomic E-state index is 10.5. The highest BCUT2D eigenvalue weighted by molar-refractivity contribution is 7.71. The van der Waals surface area contributed by atoms with Crippen molar-refractivity contribution in [1.82, 2.24) is 14.3 Å². The van der Waals surface area contributed by atoms with Crippen LogP contribution in [0.2, 0.25) is 0 Å². The van der Waals surface area contributed by atoms with Crippen LogP contribution in [-0.2, 0) is 14.1 Å². The molecule has 0 aliphatic rings. The van der Waals surface area contributed by atoms with E-state index in [4.69, 9.17) is 12.2 Å². The second-order valence-electron chi connectivity index (χ2n) is 3.59. The molecule has 0 radical (unpaired) electrons. The molecule has 88 valence electrons. The van der Waals surface area contributed by atoms with Crippen LogP contribution >= 0.6 is 12.2 Å². The van der Waals surface area contributed by atoms with Crippen LogP contribution in [0.3, 0.4) is 0 Å². The van der Waals surface area contributed by atoms with Gasteiger partial charge in [0.1, 0.15) is 0 Å². The minimum atomic E-state index is -0.430. The molecule has 6 nitrogen and oxygen atoms in total. The summed E-state index contributed by atoms with van der Waals surface area (Å²) < 4.78 is 3.95. The summed E-state index contributed by atoms with van der Waals surface area (Å²) in [5, 5.41) is 14.8. The lowest BCUT2D eigenvalue weighted by Gasteiger charge is -1.99. The number of hydrogen-bond acceptors (Lipinski definition) is 4. The summed E-state index contributed by atoms with van der Waals surface area (Å²) >= 11 is 5.14. The van der Waals surface area contributed by atoms with Crippen LogP contribution in [0.15, 0.2) is 24.3 Å². The molecule has 0 bridgehead atoms. The predicted molar refractivity (Wildman–Crippen MR) is 65.1 cm³/mol. The number of aromatic nitrogens is 3. The Labute approximate surface area is 102 Å². The fourth-order valence-corrected chi connectivity index (χ4v) is 1.67. The average molecular weight is 250 g/mol. The van der Waals surface area contributed by atoms with Gasteiger partial charge in [-0.1, -0.05) is 0 Å². The highest BCUT2D eigenvalue weighted by Crippen LogP contribution is 2.20. The van der Waals surface area contributed by atoms with Crippen LogP contribution in [0.1, 0.15) is 0 Å².